The summed E-state index contributed by atoms with van der Waals surface area (Å²) >= 11 is 0. The third-order valence-electron chi connectivity index (χ3n) is 12.7. The Morgan fingerprint density at radius 2 is 1.05 bits per heavy atom. The van der Waals surface area contributed by atoms with Crippen LogP contribution in [-0.2, 0) is 19.9 Å². The van der Waals surface area contributed by atoms with Crippen LogP contribution < -0.4 is 9.30 Å². The van der Waals surface area contributed by atoms with E-state index in [0.717, 1.165) is 100 Å². The van der Waals surface area contributed by atoms with Gasteiger partial charge in [0.25, 0.3) is 0 Å². The molecule has 0 fully saturated rings. The number of benzene rings is 1. The monoisotopic (exact) mass is 775 g/mol. The standard InChI is InChI=1S/C52H63N5O/c1-11-16-17-18-19-20-29-58-38-23-21-36(22-24-38)47-49-32(6)39(12-2)43(53-49)30-45-41(14-4)34(8)51(55-45)48(37-25-27-57(10)28-26-37)52-35(9)42(15-5)46(56-52)31-44-40(13-3)33(7)50(47)54-44/h21-28,30-31H,11-20,29H2,1-10H3,(H,53,54,55,56)/p+1. The van der Waals surface area contributed by atoms with E-state index in [2.05, 4.69) is 145 Å². The SMILES string of the molecule is CCCCCCCCOc1ccc(-c2c3nc(cc4[nH]c(c(C)c4CC)c(-c4cc[n+](C)cc4)c4[nH]c(cc5nc2C(C)=C5CC)c(CC)c4C)C(CC)=C3C)cc1. The van der Waals surface area contributed by atoms with Crippen molar-refractivity contribution in [1.82, 2.24) is 19.9 Å². The van der Waals surface area contributed by atoms with Crippen molar-refractivity contribution in [2.45, 2.75) is 127 Å². The average molecular weight is 775 g/mol. The number of aromatic amines is 2. The van der Waals surface area contributed by atoms with Gasteiger partial charge in [-0.1, -0.05) is 78.9 Å². The van der Waals surface area contributed by atoms with Crippen molar-refractivity contribution < 1.29 is 9.30 Å². The maximum Gasteiger partial charge on any atom is 0.169 e. The zero-order chi connectivity index (χ0) is 41.1. The minimum Gasteiger partial charge on any atom is -0.494 e. The fourth-order valence-electron chi connectivity index (χ4n) is 9.33. The molecule has 0 atom stereocenters. The Labute approximate surface area is 346 Å². The van der Waals surface area contributed by atoms with E-state index in [0.29, 0.717) is 0 Å². The number of aromatic nitrogens is 5. The molecule has 302 valence electrons. The fraction of sp³-hybridized carbons (Fsp3) is 0.404. The molecule has 6 nitrogen and oxygen atoms in total. The molecule has 58 heavy (non-hydrogen) atoms. The van der Waals surface area contributed by atoms with Crippen LogP contribution in [0.5, 0.6) is 5.75 Å². The Bertz CT molecular complexity index is 2420. The highest BCUT2D eigenvalue weighted by atomic mass is 16.5. The van der Waals surface area contributed by atoms with Gasteiger partial charge in [-0.3, -0.25) is 0 Å². The molecule has 5 aromatic rings. The summed E-state index contributed by atoms with van der Waals surface area (Å²) in [6.07, 6.45) is 15.4. The molecule has 2 aliphatic heterocycles. The van der Waals surface area contributed by atoms with E-state index in [1.54, 1.807) is 0 Å². The average Bonchev–Trinajstić information content (AvgIpc) is 3.91. The highest BCUT2D eigenvalue weighted by molar-refractivity contribution is 6.03. The third kappa shape index (κ3) is 7.70. The van der Waals surface area contributed by atoms with Gasteiger partial charge in [-0.05, 0) is 140 Å². The van der Waals surface area contributed by atoms with Crippen LogP contribution in [0.3, 0.4) is 0 Å². The van der Waals surface area contributed by atoms with Crippen molar-refractivity contribution >= 4 is 44.4 Å². The Hall–Kier alpha value is -5.23. The van der Waals surface area contributed by atoms with Crippen LogP contribution in [0.2, 0.25) is 0 Å². The van der Waals surface area contributed by atoms with Crippen molar-refractivity contribution in [1.29, 1.82) is 0 Å². The highest BCUT2D eigenvalue weighted by Gasteiger charge is 2.27. The van der Waals surface area contributed by atoms with E-state index in [9.17, 15) is 0 Å². The van der Waals surface area contributed by atoms with Gasteiger partial charge in [0.15, 0.2) is 12.4 Å². The van der Waals surface area contributed by atoms with Crippen LogP contribution >= 0.6 is 0 Å². The number of nitrogens with one attached hydrogen (secondary N) is 2. The number of hydrogen-bond donors (Lipinski definition) is 2. The van der Waals surface area contributed by atoms with E-state index in [1.165, 1.54) is 87.8 Å². The van der Waals surface area contributed by atoms with Crippen LogP contribution in [0.25, 0.3) is 66.6 Å². The Morgan fingerprint density at radius 3 is 1.53 bits per heavy atom. The van der Waals surface area contributed by atoms with Crippen LogP contribution in [0, 0.1) is 13.8 Å². The first-order valence-corrected chi connectivity index (χ1v) is 22.0. The number of unbranched alkanes of at least 4 members (excludes halogenated alkanes) is 5. The third-order valence-corrected chi connectivity index (χ3v) is 12.7. The molecule has 1 aromatic carbocycles. The van der Waals surface area contributed by atoms with E-state index in [-0.39, 0.29) is 0 Å². The zero-order valence-electron chi connectivity index (χ0n) is 36.8. The van der Waals surface area contributed by atoms with Crippen molar-refractivity contribution in [2.24, 2.45) is 7.05 Å². The van der Waals surface area contributed by atoms with Crippen molar-refractivity contribution in [3.8, 4) is 28.0 Å². The first kappa shape index (κ1) is 40.9. The summed E-state index contributed by atoms with van der Waals surface area (Å²) in [6, 6.07) is 17.8. The maximum atomic E-state index is 6.26. The van der Waals surface area contributed by atoms with Gasteiger partial charge in [0.1, 0.15) is 12.8 Å². The number of aryl methyl sites for hydroxylation is 5. The highest BCUT2D eigenvalue weighted by Crippen LogP contribution is 2.44. The lowest BCUT2D eigenvalue weighted by atomic mass is 9.93. The molecule has 0 saturated heterocycles. The van der Waals surface area contributed by atoms with Gasteiger partial charge >= 0.3 is 0 Å². The molecule has 0 unspecified atom stereocenters. The molecule has 8 bridgehead atoms. The number of allylic oxidation sites excluding steroid dienone is 4. The molecule has 0 aliphatic carbocycles. The van der Waals surface area contributed by atoms with E-state index >= 15 is 0 Å². The number of H-pyrrole nitrogens is 2. The molecule has 0 amide bonds. The predicted octanol–water partition coefficient (Wildman–Crippen LogP) is 13.6. The lowest BCUT2D eigenvalue weighted by molar-refractivity contribution is -0.671. The van der Waals surface area contributed by atoms with Gasteiger partial charge in [0.2, 0.25) is 0 Å². The van der Waals surface area contributed by atoms with Crippen molar-refractivity contribution in [3.05, 3.63) is 106 Å². The molecule has 6 heteroatoms. The van der Waals surface area contributed by atoms with E-state index < -0.39 is 0 Å². The topological polar surface area (TPSA) is 70.5 Å². The Kier molecular flexibility index (Phi) is 12.5. The second kappa shape index (κ2) is 17.7. The second-order valence-corrected chi connectivity index (χ2v) is 16.3. The van der Waals surface area contributed by atoms with Gasteiger partial charge in [0, 0.05) is 34.3 Å². The Balaban J connectivity index is 1.54. The molecule has 4 aromatic heterocycles. The molecule has 2 N–H and O–H groups in total. The predicted molar refractivity (Wildman–Crippen MR) is 246 cm³/mol. The van der Waals surface area contributed by atoms with Crippen molar-refractivity contribution in [2.75, 3.05) is 6.61 Å². The summed E-state index contributed by atoms with van der Waals surface area (Å²) in [5, 5.41) is 0. The van der Waals surface area contributed by atoms with Crippen molar-refractivity contribution in [3.63, 3.8) is 0 Å². The number of pyridine rings is 1. The van der Waals surface area contributed by atoms with Crippen LogP contribution in [0.4, 0.5) is 0 Å². The van der Waals surface area contributed by atoms with Crippen LogP contribution in [0.1, 0.15) is 145 Å². The smallest absolute Gasteiger partial charge is 0.169 e. The number of hydrogen-bond acceptors (Lipinski definition) is 3. The van der Waals surface area contributed by atoms with E-state index in [4.69, 9.17) is 14.7 Å². The maximum absolute atomic E-state index is 6.26. The van der Waals surface area contributed by atoms with Gasteiger partial charge in [0.05, 0.1) is 40.4 Å². The fourth-order valence-corrected chi connectivity index (χ4v) is 9.33. The van der Waals surface area contributed by atoms with Gasteiger partial charge in [-0.15, -0.1) is 0 Å². The molecule has 0 saturated carbocycles. The summed E-state index contributed by atoms with van der Waals surface area (Å²) in [5.41, 5.74) is 23.3. The largest absolute Gasteiger partial charge is 0.494 e. The second-order valence-electron chi connectivity index (χ2n) is 16.3. The lowest BCUT2D eigenvalue weighted by Gasteiger charge is -2.12. The minimum absolute atomic E-state index is 0.746. The van der Waals surface area contributed by atoms with E-state index in [1.807, 2.05) is 0 Å². The van der Waals surface area contributed by atoms with Crippen LogP contribution in [0.15, 0.2) is 60.9 Å². The van der Waals surface area contributed by atoms with Gasteiger partial charge in [-0.2, -0.15) is 0 Å². The molecular formula is C52H64N5O+. The molecular weight excluding hydrogens is 711 g/mol. The first-order valence-electron chi connectivity index (χ1n) is 22.0. The summed E-state index contributed by atoms with van der Waals surface area (Å²) in [5.74, 6) is 0.910. The normalized spacial score (nSPS) is 12.9. The summed E-state index contributed by atoms with van der Waals surface area (Å²) in [4.78, 5) is 19.1. The summed E-state index contributed by atoms with van der Waals surface area (Å²) in [6.45, 7) is 21.1. The molecule has 7 rings (SSSR count). The number of fused-ring (bicyclic) bond motifs is 8. The minimum atomic E-state index is 0.746. The first-order chi connectivity index (χ1) is 28.1. The summed E-state index contributed by atoms with van der Waals surface area (Å²) < 4.78 is 8.36. The van der Waals surface area contributed by atoms with Gasteiger partial charge < -0.3 is 14.7 Å². The molecule has 0 spiro atoms. The number of ether oxygens (including phenoxy) is 1. The van der Waals surface area contributed by atoms with Crippen LogP contribution in [-0.4, -0.2) is 26.5 Å². The quantitative estimate of drug-likeness (QED) is 0.0872. The zero-order valence-corrected chi connectivity index (χ0v) is 36.8. The molecule has 2 aliphatic rings. The summed E-state index contributed by atoms with van der Waals surface area (Å²) in [7, 11) is 2.07. The number of rotatable bonds is 14. The molecule has 6 heterocycles. The van der Waals surface area contributed by atoms with Gasteiger partial charge in [-0.25, -0.2) is 14.5 Å². The lowest BCUT2D eigenvalue weighted by Crippen LogP contribution is -2.25. The number of nitrogens with zero attached hydrogens (tertiary/aromatic N) is 3. The Morgan fingerprint density at radius 1 is 0.569 bits per heavy atom. The molecule has 0 radical (unpaired) electrons.